The van der Waals surface area contributed by atoms with Gasteiger partial charge < -0.3 is 0 Å². The Labute approximate surface area is 412 Å². The molecule has 8 aromatic carbocycles. The van der Waals surface area contributed by atoms with Crippen LogP contribution in [-0.4, -0.2) is 9.97 Å². The van der Waals surface area contributed by atoms with Gasteiger partial charge in [0.25, 0.3) is 0 Å². The van der Waals surface area contributed by atoms with Crippen LogP contribution < -0.4 is 0 Å². The van der Waals surface area contributed by atoms with Crippen molar-refractivity contribution in [2.75, 3.05) is 0 Å². The van der Waals surface area contributed by atoms with Crippen molar-refractivity contribution < 1.29 is 0 Å². The fourth-order valence-corrected chi connectivity index (χ4v) is 11.3. The van der Waals surface area contributed by atoms with Crippen LogP contribution >= 0.6 is 0 Å². The normalized spacial score (nSPS) is 12.7. The van der Waals surface area contributed by atoms with E-state index in [0.29, 0.717) is 0 Å². The van der Waals surface area contributed by atoms with Crippen LogP contribution in [-0.2, 0) is 5.41 Å². The molecule has 10 rings (SSSR count). The summed E-state index contributed by atoms with van der Waals surface area (Å²) in [5, 5.41) is 4.96. The highest BCUT2D eigenvalue weighted by Crippen LogP contribution is 2.55. The van der Waals surface area contributed by atoms with E-state index < -0.39 is 0 Å². The van der Waals surface area contributed by atoms with Crippen molar-refractivity contribution in [1.29, 1.82) is 0 Å². The minimum atomic E-state index is -0.0326. The number of benzene rings is 8. The van der Waals surface area contributed by atoms with E-state index >= 15 is 0 Å². The van der Waals surface area contributed by atoms with Crippen LogP contribution in [0, 0.1) is 13.8 Å². The summed E-state index contributed by atoms with van der Waals surface area (Å²) in [4.78, 5) is 11.1. The highest BCUT2D eigenvalue weighted by Gasteiger charge is 2.42. The first-order valence-electron chi connectivity index (χ1n) is 26.3. The van der Waals surface area contributed by atoms with Crippen LogP contribution in [0.2, 0.25) is 0 Å². The quantitative estimate of drug-likeness (QED) is 0.0597. The van der Waals surface area contributed by atoms with Crippen LogP contribution in [0.25, 0.3) is 88.8 Å². The Morgan fingerprint density at radius 2 is 0.797 bits per heavy atom. The van der Waals surface area contributed by atoms with Crippen LogP contribution in [0.1, 0.15) is 126 Å². The molecule has 0 saturated carbocycles. The van der Waals surface area contributed by atoms with E-state index in [1.807, 2.05) is 0 Å². The van der Waals surface area contributed by atoms with Gasteiger partial charge in [-0.15, -0.1) is 0 Å². The van der Waals surface area contributed by atoms with Gasteiger partial charge in [-0.2, -0.15) is 0 Å². The lowest BCUT2D eigenvalue weighted by atomic mass is 9.70. The lowest BCUT2D eigenvalue weighted by Crippen LogP contribution is -2.25. The largest absolute Gasteiger partial charge is 0.228 e. The Balaban J connectivity index is 1.14. The molecule has 1 aliphatic rings. The second-order valence-electron chi connectivity index (χ2n) is 20.2. The van der Waals surface area contributed by atoms with E-state index in [1.165, 1.54) is 150 Å². The summed E-state index contributed by atoms with van der Waals surface area (Å²) in [7, 11) is 0. The van der Waals surface area contributed by atoms with Crippen molar-refractivity contribution in [3.63, 3.8) is 0 Å². The van der Waals surface area contributed by atoms with Crippen LogP contribution in [0.5, 0.6) is 0 Å². The average molecular weight is 901 g/mol. The standard InChI is InChI=1S/C67H68N2/c1-5-7-9-11-13-21-35-67(36-22-14-12-10-8-6-2)62-38-48(4)28-33-60(62)61-34-32-54(45-63(61)67)65-46-64(53-31-30-52-39-55-37-47(3)27-29-51(55)40-58(52)41-53)68-66(69-65)59-43-56(49-23-17-15-18-24-49)42-57(44-59)50-25-19-16-20-26-50/h15-20,23-34,37-46H,5-14,21-22,35-36H2,1-4H3. The van der Waals surface area contributed by atoms with Crippen molar-refractivity contribution in [2.24, 2.45) is 0 Å². The third-order valence-electron chi connectivity index (χ3n) is 15.1. The van der Waals surface area contributed by atoms with E-state index in [-0.39, 0.29) is 5.41 Å². The van der Waals surface area contributed by atoms with Crippen molar-refractivity contribution in [1.82, 2.24) is 9.97 Å². The maximum atomic E-state index is 5.61. The van der Waals surface area contributed by atoms with Gasteiger partial charge in [0.1, 0.15) is 0 Å². The SMILES string of the molecule is CCCCCCCCC1(CCCCCCCC)c2cc(C)ccc2-c2ccc(-c3cc(-c4ccc5cc6cc(C)ccc6cc5c4)nc(-c4cc(-c5ccccc5)cc(-c5ccccc5)c4)n3)cc21. The number of fused-ring (bicyclic) bond motifs is 5. The number of aromatic nitrogens is 2. The predicted octanol–water partition coefficient (Wildman–Crippen LogP) is 19.5. The summed E-state index contributed by atoms with van der Waals surface area (Å²) in [6.07, 6.45) is 18.0. The van der Waals surface area contributed by atoms with Crippen LogP contribution in [0.15, 0.2) is 170 Å². The zero-order valence-corrected chi connectivity index (χ0v) is 41.5. The Hall–Kier alpha value is -6.64. The van der Waals surface area contributed by atoms with Gasteiger partial charge >= 0.3 is 0 Å². The zero-order valence-electron chi connectivity index (χ0n) is 41.5. The zero-order chi connectivity index (χ0) is 47.2. The fourth-order valence-electron chi connectivity index (χ4n) is 11.3. The summed E-state index contributed by atoms with van der Waals surface area (Å²) >= 11 is 0. The maximum Gasteiger partial charge on any atom is 0.160 e. The summed E-state index contributed by atoms with van der Waals surface area (Å²) in [5.74, 6) is 0.733. The number of rotatable bonds is 19. The Morgan fingerprint density at radius 1 is 0.333 bits per heavy atom. The minimum Gasteiger partial charge on any atom is -0.228 e. The van der Waals surface area contributed by atoms with E-state index in [0.717, 1.165) is 45.0 Å². The molecule has 0 saturated heterocycles. The average Bonchev–Trinajstić information content (AvgIpc) is 3.65. The molecular weight excluding hydrogens is 833 g/mol. The number of aryl methyl sites for hydroxylation is 2. The van der Waals surface area contributed by atoms with Gasteiger partial charge in [-0.3, -0.25) is 0 Å². The highest BCUT2D eigenvalue weighted by atomic mass is 14.9. The molecule has 1 heterocycles. The van der Waals surface area contributed by atoms with E-state index in [2.05, 4.69) is 198 Å². The molecule has 0 atom stereocenters. The molecule has 2 nitrogen and oxygen atoms in total. The predicted molar refractivity (Wildman–Crippen MR) is 296 cm³/mol. The Bertz CT molecular complexity index is 3140. The van der Waals surface area contributed by atoms with Crippen LogP contribution in [0.3, 0.4) is 0 Å². The molecule has 2 heteroatoms. The van der Waals surface area contributed by atoms with E-state index in [4.69, 9.17) is 9.97 Å². The molecule has 1 aliphatic carbocycles. The molecule has 9 aromatic rings. The van der Waals surface area contributed by atoms with Gasteiger partial charge in [-0.25, -0.2) is 9.97 Å². The molecular formula is C67H68N2. The first kappa shape index (κ1) is 46.1. The molecule has 346 valence electrons. The van der Waals surface area contributed by atoms with Crippen molar-refractivity contribution in [2.45, 2.75) is 123 Å². The molecule has 0 radical (unpaired) electrons. The summed E-state index contributed by atoms with van der Waals surface area (Å²) in [5.41, 5.74) is 18.2. The van der Waals surface area contributed by atoms with Gasteiger partial charge in [0.05, 0.1) is 11.4 Å². The van der Waals surface area contributed by atoms with Gasteiger partial charge in [0.15, 0.2) is 5.82 Å². The number of nitrogens with zero attached hydrogens (tertiary/aromatic N) is 2. The highest BCUT2D eigenvalue weighted by molar-refractivity contribution is 6.00. The van der Waals surface area contributed by atoms with Gasteiger partial charge in [-0.05, 0) is 141 Å². The lowest BCUT2D eigenvalue weighted by Gasteiger charge is -2.33. The first-order valence-corrected chi connectivity index (χ1v) is 26.3. The van der Waals surface area contributed by atoms with E-state index in [1.54, 1.807) is 5.56 Å². The summed E-state index contributed by atoms with van der Waals surface area (Å²) < 4.78 is 0. The summed E-state index contributed by atoms with van der Waals surface area (Å²) in [6, 6.07) is 63.4. The first-order chi connectivity index (χ1) is 33.9. The number of hydrogen-bond acceptors (Lipinski definition) is 2. The molecule has 0 N–H and O–H groups in total. The van der Waals surface area contributed by atoms with Gasteiger partial charge in [-0.1, -0.05) is 223 Å². The number of hydrogen-bond donors (Lipinski definition) is 0. The molecule has 0 fully saturated rings. The van der Waals surface area contributed by atoms with Crippen LogP contribution in [0.4, 0.5) is 0 Å². The number of unbranched alkanes of at least 4 members (excludes halogenated alkanes) is 10. The second kappa shape index (κ2) is 20.9. The lowest BCUT2D eigenvalue weighted by molar-refractivity contribution is 0.398. The Morgan fingerprint density at radius 3 is 1.41 bits per heavy atom. The minimum absolute atomic E-state index is 0.0326. The molecule has 0 bridgehead atoms. The van der Waals surface area contributed by atoms with Gasteiger partial charge in [0, 0.05) is 22.1 Å². The van der Waals surface area contributed by atoms with Crippen molar-refractivity contribution >= 4 is 21.5 Å². The monoisotopic (exact) mass is 901 g/mol. The molecule has 0 spiro atoms. The van der Waals surface area contributed by atoms with E-state index in [9.17, 15) is 0 Å². The third kappa shape index (κ3) is 9.96. The second-order valence-corrected chi connectivity index (χ2v) is 20.2. The summed E-state index contributed by atoms with van der Waals surface area (Å²) in [6.45, 7) is 9.09. The molecule has 0 unspecified atom stereocenters. The third-order valence-corrected chi connectivity index (χ3v) is 15.1. The maximum absolute atomic E-state index is 5.61. The molecule has 1 aromatic heterocycles. The fraction of sp³-hybridized carbons (Fsp3) is 0.284. The van der Waals surface area contributed by atoms with Crippen molar-refractivity contribution in [3.05, 3.63) is 192 Å². The molecule has 0 aliphatic heterocycles. The molecule has 0 amide bonds. The van der Waals surface area contributed by atoms with Crippen molar-refractivity contribution in [3.8, 4) is 67.3 Å². The Kier molecular flexibility index (Phi) is 14.0. The molecule has 69 heavy (non-hydrogen) atoms. The smallest absolute Gasteiger partial charge is 0.160 e. The van der Waals surface area contributed by atoms with Gasteiger partial charge in [0.2, 0.25) is 0 Å². The topological polar surface area (TPSA) is 25.8 Å².